The lowest BCUT2D eigenvalue weighted by Crippen LogP contribution is -2.13. The van der Waals surface area contributed by atoms with E-state index in [2.05, 4.69) is 15.3 Å². The fourth-order valence-electron chi connectivity index (χ4n) is 2.66. The van der Waals surface area contributed by atoms with Crippen molar-refractivity contribution in [1.82, 2.24) is 14.5 Å². The highest BCUT2D eigenvalue weighted by Crippen LogP contribution is 2.31. The summed E-state index contributed by atoms with van der Waals surface area (Å²) in [6, 6.07) is 6.64. The first kappa shape index (κ1) is 16.3. The van der Waals surface area contributed by atoms with Crippen LogP contribution in [-0.4, -0.2) is 20.4 Å². The van der Waals surface area contributed by atoms with E-state index in [9.17, 15) is 13.6 Å². The zero-order valence-electron chi connectivity index (χ0n) is 13.5. The van der Waals surface area contributed by atoms with E-state index in [1.54, 1.807) is 11.6 Å². The number of thiazole rings is 1. The van der Waals surface area contributed by atoms with Gasteiger partial charge in [-0.05, 0) is 24.3 Å². The summed E-state index contributed by atoms with van der Waals surface area (Å²) in [7, 11) is 1.88. The van der Waals surface area contributed by atoms with E-state index in [0.29, 0.717) is 5.01 Å². The molecule has 0 saturated carbocycles. The topological polar surface area (TPSA) is 59.8 Å². The largest absolute Gasteiger partial charge is 0.335 e. The molecule has 4 aromatic rings. The molecule has 5 nitrogen and oxygen atoms in total. The first-order chi connectivity index (χ1) is 12.5. The van der Waals surface area contributed by atoms with Crippen LogP contribution in [0.25, 0.3) is 21.6 Å². The molecule has 0 radical (unpaired) electrons. The Balaban J connectivity index is 1.65. The number of aromatic nitrogens is 3. The van der Waals surface area contributed by atoms with Crippen molar-refractivity contribution in [2.45, 2.75) is 0 Å². The Morgan fingerprint density at radius 2 is 2.12 bits per heavy atom. The second kappa shape index (κ2) is 6.30. The molecule has 1 N–H and O–H groups in total. The molecule has 4 rings (SSSR count). The molecule has 8 heteroatoms. The lowest BCUT2D eigenvalue weighted by atomic mass is 10.2. The van der Waals surface area contributed by atoms with E-state index in [1.807, 2.05) is 29.9 Å². The number of benzene rings is 1. The molecule has 130 valence electrons. The van der Waals surface area contributed by atoms with Crippen LogP contribution in [0.5, 0.6) is 0 Å². The van der Waals surface area contributed by atoms with Crippen LogP contribution in [0.4, 0.5) is 14.5 Å². The standard InChI is InChI=1S/C18H12F2N4OS/c1-24-8-12(11-3-2-6-21-16(11)24)18-23-15(9-26-18)17(25)22-14-7-10(19)4-5-13(14)20/h2-9H,1H3,(H,22,25). The van der Waals surface area contributed by atoms with Crippen LogP contribution in [-0.2, 0) is 7.05 Å². The summed E-state index contributed by atoms with van der Waals surface area (Å²) in [5.74, 6) is -1.95. The molecule has 1 amide bonds. The van der Waals surface area contributed by atoms with Crippen LogP contribution >= 0.6 is 11.3 Å². The molecule has 0 aliphatic rings. The molecule has 0 bridgehead atoms. The summed E-state index contributed by atoms with van der Waals surface area (Å²) < 4.78 is 28.8. The van der Waals surface area contributed by atoms with Gasteiger partial charge in [-0.3, -0.25) is 4.79 Å². The van der Waals surface area contributed by atoms with Crippen LogP contribution in [0.15, 0.2) is 48.1 Å². The fourth-order valence-corrected chi connectivity index (χ4v) is 3.49. The molecule has 3 heterocycles. The lowest BCUT2D eigenvalue weighted by molar-refractivity contribution is 0.102. The predicted octanol–water partition coefficient (Wildman–Crippen LogP) is 4.23. The molecule has 0 atom stereocenters. The summed E-state index contributed by atoms with van der Waals surface area (Å²) >= 11 is 1.30. The van der Waals surface area contributed by atoms with Crippen molar-refractivity contribution in [2.24, 2.45) is 7.05 Å². The number of halogens is 2. The average molecular weight is 370 g/mol. The van der Waals surface area contributed by atoms with E-state index >= 15 is 0 Å². The van der Waals surface area contributed by atoms with E-state index in [4.69, 9.17) is 0 Å². The maximum Gasteiger partial charge on any atom is 0.275 e. The van der Waals surface area contributed by atoms with Crippen LogP contribution in [0, 0.1) is 11.6 Å². The van der Waals surface area contributed by atoms with Crippen molar-refractivity contribution in [3.05, 3.63) is 65.4 Å². The number of nitrogens with zero attached hydrogens (tertiary/aromatic N) is 3. The first-order valence-corrected chi connectivity index (χ1v) is 8.53. The lowest BCUT2D eigenvalue weighted by Gasteiger charge is -2.04. The van der Waals surface area contributed by atoms with Crippen LogP contribution in [0.3, 0.4) is 0 Å². The second-order valence-corrected chi connectivity index (χ2v) is 6.50. The number of rotatable bonds is 3. The number of aryl methyl sites for hydroxylation is 1. The summed E-state index contributed by atoms with van der Waals surface area (Å²) in [6.07, 6.45) is 3.60. The van der Waals surface area contributed by atoms with Gasteiger partial charge < -0.3 is 9.88 Å². The van der Waals surface area contributed by atoms with Gasteiger partial charge in [0.15, 0.2) is 0 Å². The first-order valence-electron chi connectivity index (χ1n) is 7.65. The van der Waals surface area contributed by atoms with Crippen molar-refractivity contribution in [2.75, 3.05) is 5.32 Å². The summed E-state index contributed by atoms with van der Waals surface area (Å²) in [5.41, 5.74) is 1.58. The zero-order chi connectivity index (χ0) is 18.3. The monoisotopic (exact) mass is 370 g/mol. The molecule has 0 aliphatic heterocycles. The highest BCUT2D eigenvalue weighted by molar-refractivity contribution is 7.13. The van der Waals surface area contributed by atoms with Crippen LogP contribution < -0.4 is 5.32 Å². The van der Waals surface area contributed by atoms with E-state index in [-0.39, 0.29) is 11.4 Å². The Morgan fingerprint density at radius 1 is 1.27 bits per heavy atom. The Hall–Kier alpha value is -3.13. The van der Waals surface area contributed by atoms with E-state index in [0.717, 1.165) is 34.8 Å². The minimum Gasteiger partial charge on any atom is -0.335 e. The molecule has 0 aliphatic carbocycles. The van der Waals surface area contributed by atoms with Gasteiger partial charge in [-0.1, -0.05) is 0 Å². The smallest absolute Gasteiger partial charge is 0.275 e. The molecule has 0 saturated heterocycles. The van der Waals surface area contributed by atoms with Gasteiger partial charge >= 0.3 is 0 Å². The van der Waals surface area contributed by atoms with Gasteiger partial charge in [-0.2, -0.15) is 0 Å². The number of nitrogens with one attached hydrogen (secondary N) is 1. The molecular formula is C18H12F2N4OS. The Labute approximate surface area is 150 Å². The Morgan fingerprint density at radius 3 is 2.96 bits per heavy atom. The van der Waals surface area contributed by atoms with E-state index < -0.39 is 17.5 Å². The average Bonchev–Trinajstić information content (AvgIpc) is 3.24. The Bertz CT molecular complexity index is 1140. The number of fused-ring (bicyclic) bond motifs is 1. The number of hydrogen-bond donors (Lipinski definition) is 1. The molecule has 0 fully saturated rings. The SMILES string of the molecule is Cn1cc(-c2nc(C(=O)Nc3cc(F)ccc3F)cs2)c2cccnc21. The molecule has 0 spiro atoms. The Kier molecular flexibility index (Phi) is 3.96. The second-order valence-electron chi connectivity index (χ2n) is 5.64. The van der Waals surface area contributed by atoms with Crippen LogP contribution in [0.1, 0.15) is 10.5 Å². The van der Waals surface area contributed by atoms with Gasteiger partial charge in [0, 0.05) is 41.8 Å². The van der Waals surface area contributed by atoms with E-state index in [1.165, 1.54) is 11.3 Å². The normalized spacial score (nSPS) is 11.0. The van der Waals surface area contributed by atoms with Crippen molar-refractivity contribution >= 4 is 34.0 Å². The van der Waals surface area contributed by atoms with Crippen molar-refractivity contribution in [3.63, 3.8) is 0 Å². The van der Waals surface area contributed by atoms with Crippen molar-refractivity contribution < 1.29 is 13.6 Å². The van der Waals surface area contributed by atoms with Gasteiger partial charge in [0.25, 0.3) is 5.91 Å². The van der Waals surface area contributed by atoms with Gasteiger partial charge in [0.2, 0.25) is 0 Å². The minimum atomic E-state index is -0.713. The number of anilines is 1. The third-order valence-corrected chi connectivity index (χ3v) is 4.75. The number of pyridine rings is 1. The highest BCUT2D eigenvalue weighted by atomic mass is 32.1. The minimum absolute atomic E-state index is 0.134. The summed E-state index contributed by atoms with van der Waals surface area (Å²) in [6.45, 7) is 0. The maximum atomic E-state index is 13.7. The van der Waals surface area contributed by atoms with Crippen molar-refractivity contribution in [3.8, 4) is 10.6 Å². The van der Waals surface area contributed by atoms with Crippen LogP contribution in [0.2, 0.25) is 0 Å². The third-order valence-electron chi connectivity index (χ3n) is 3.88. The molecule has 3 aromatic heterocycles. The zero-order valence-corrected chi connectivity index (χ0v) is 14.3. The number of carbonyl (C=O) groups excluding carboxylic acids is 1. The van der Waals surface area contributed by atoms with Gasteiger partial charge in [-0.25, -0.2) is 18.7 Å². The maximum absolute atomic E-state index is 13.7. The summed E-state index contributed by atoms with van der Waals surface area (Å²) in [5, 5.41) is 5.50. The third kappa shape index (κ3) is 2.84. The van der Waals surface area contributed by atoms with Gasteiger partial charge in [-0.15, -0.1) is 11.3 Å². The highest BCUT2D eigenvalue weighted by Gasteiger charge is 2.17. The quantitative estimate of drug-likeness (QED) is 0.587. The fraction of sp³-hybridized carbons (Fsp3) is 0.0556. The summed E-state index contributed by atoms with van der Waals surface area (Å²) in [4.78, 5) is 21.0. The number of amides is 1. The molecule has 1 aromatic carbocycles. The molecular weight excluding hydrogens is 358 g/mol. The molecule has 0 unspecified atom stereocenters. The number of hydrogen-bond acceptors (Lipinski definition) is 4. The van der Waals surface area contributed by atoms with Gasteiger partial charge in [0.05, 0.1) is 5.69 Å². The van der Waals surface area contributed by atoms with Crippen molar-refractivity contribution in [1.29, 1.82) is 0 Å². The molecule has 26 heavy (non-hydrogen) atoms. The van der Waals surface area contributed by atoms with Gasteiger partial charge in [0.1, 0.15) is 28.0 Å². The predicted molar refractivity (Wildman–Crippen MR) is 96.1 cm³/mol. The number of carbonyl (C=O) groups is 1.